The van der Waals surface area contributed by atoms with E-state index in [1.807, 2.05) is 65.2 Å². The minimum absolute atomic E-state index is 0.0983. The number of pyridine rings is 3. The molecule has 5 aromatic heterocycles. The van der Waals surface area contributed by atoms with Crippen molar-refractivity contribution < 1.29 is 9.18 Å². The molecular weight excluding hydrogens is 557 g/mol. The highest BCUT2D eigenvalue weighted by atomic mass is 19.1. The second-order valence-corrected chi connectivity index (χ2v) is 12.1. The average Bonchev–Trinajstić information content (AvgIpc) is 3.60. The van der Waals surface area contributed by atoms with Crippen LogP contribution in [-0.4, -0.2) is 68.1 Å². The summed E-state index contributed by atoms with van der Waals surface area (Å²) in [7, 11) is 4.00. The van der Waals surface area contributed by atoms with Crippen LogP contribution in [0.2, 0.25) is 0 Å². The largest absolute Gasteiger partial charge is 0.384 e. The van der Waals surface area contributed by atoms with Crippen molar-refractivity contribution in [2.75, 3.05) is 37.8 Å². The summed E-state index contributed by atoms with van der Waals surface area (Å²) >= 11 is 0. The van der Waals surface area contributed by atoms with Crippen LogP contribution in [-0.2, 0) is 4.79 Å². The second kappa shape index (κ2) is 11.5. The number of benzene rings is 1. The SMILES string of the molecule is CN(C)CCNc1cc(F)cc(-c2ccnc3[nH]c(-c4n[nH]c5cnc(-c6cncc(NC(=O)C(C)(C)C)c6)cc45)cc23)c1. The van der Waals surface area contributed by atoms with Crippen LogP contribution in [0.3, 0.4) is 0 Å². The maximum atomic E-state index is 14.7. The Bertz CT molecular complexity index is 1990. The van der Waals surface area contributed by atoms with Crippen molar-refractivity contribution in [3.05, 3.63) is 73.1 Å². The Labute approximate surface area is 254 Å². The van der Waals surface area contributed by atoms with Crippen LogP contribution in [0.1, 0.15) is 20.8 Å². The number of fused-ring (bicyclic) bond motifs is 2. The zero-order valence-corrected chi connectivity index (χ0v) is 25.3. The highest BCUT2D eigenvalue weighted by Gasteiger charge is 2.22. The van der Waals surface area contributed by atoms with Crippen LogP contribution in [0.25, 0.3) is 55.7 Å². The number of likely N-dealkylation sites (N-methyl/N-ethyl adjacent to an activating group) is 1. The third kappa shape index (κ3) is 6.00. The third-order valence-electron chi connectivity index (χ3n) is 7.30. The number of nitrogens with zero attached hydrogens (tertiary/aromatic N) is 5. The lowest BCUT2D eigenvalue weighted by Gasteiger charge is -2.17. The Kier molecular flexibility index (Phi) is 7.56. The molecule has 0 saturated carbocycles. The first kappa shape index (κ1) is 28.9. The molecule has 0 radical (unpaired) electrons. The quantitative estimate of drug-likeness (QED) is 0.163. The number of rotatable bonds is 8. The third-order valence-corrected chi connectivity index (χ3v) is 7.30. The van der Waals surface area contributed by atoms with Gasteiger partial charge in [-0.25, -0.2) is 9.37 Å². The number of aromatic amines is 2. The highest BCUT2D eigenvalue weighted by Crippen LogP contribution is 2.35. The molecule has 0 bridgehead atoms. The lowest BCUT2D eigenvalue weighted by molar-refractivity contribution is -0.123. The van der Waals surface area contributed by atoms with Crippen molar-refractivity contribution in [3.8, 4) is 33.8 Å². The summed E-state index contributed by atoms with van der Waals surface area (Å²) in [5.74, 6) is -0.413. The molecule has 0 atom stereocenters. The van der Waals surface area contributed by atoms with Gasteiger partial charge in [-0.1, -0.05) is 20.8 Å². The molecule has 4 N–H and O–H groups in total. The maximum Gasteiger partial charge on any atom is 0.229 e. The molecular formula is C33H34FN9O. The summed E-state index contributed by atoms with van der Waals surface area (Å²) < 4.78 is 14.7. The van der Waals surface area contributed by atoms with Gasteiger partial charge in [0, 0.05) is 52.9 Å². The number of carbonyl (C=O) groups is 1. The van der Waals surface area contributed by atoms with Gasteiger partial charge < -0.3 is 20.5 Å². The van der Waals surface area contributed by atoms with E-state index in [4.69, 9.17) is 0 Å². The van der Waals surface area contributed by atoms with Crippen LogP contribution in [0.15, 0.2) is 67.3 Å². The molecule has 0 unspecified atom stereocenters. The Morgan fingerprint density at radius 1 is 0.955 bits per heavy atom. The molecule has 0 fully saturated rings. The number of nitrogens with one attached hydrogen (secondary N) is 4. The Morgan fingerprint density at radius 2 is 1.77 bits per heavy atom. The van der Waals surface area contributed by atoms with E-state index in [0.717, 1.165) is 50.9 Å². The smallest absolute Gasteiger partial charge is 0.229 e. The van der Waals surface area contributed by atoms with E-state index >= 15 is 0 Å². The number of anilines is 2. The number of halogens is 1. The van der Waals surface area contributed by atoms with E-state index in [1.54, 1.807) is 24.8 Å². The standard InChI is InChI=1S/C33H34FN9O/c1-33(2,3)32(44)39-23-12-20(16-35-17-23)27-15-26-29(18-38-27)41-42-30(26)28-14-25-24(6-7-37-31(25)40-28)19-10-21(34)13-22(11-19)36-8-9-43(4)5/h6-7,10-18,36H,8-9H2,1-5H3,(H,37,40)(H,39,44)(H,41,42). The van der Waals surface area contributed by atoms with E-state index in [9.17, 15) is 9.18 Å². The number of carbonyl (C=O) groups excluding carboxylic acids is 1. The minimum atomic E-state index is -0.535. The molecule has 6 aromatic rings. The molecule has 224 valence electrons. The number of hydrogen-bond donors (Lipinski definition) is 4. The summed E-state index contributed by atoms with van der Waals surface area (Å²) in [4.78, 5) is 31.4. The summed E-state index contributed by atoms with van der Waals surface area (Å²) in [6.45, 7) is 7.11. The van der Waals surface area contributed by atoms with Crippen LogP contribution in [0, 0.1) is 11.2 Å². The van der Waals surface area contributed by atoms with E-state index in [1.165, 1.54) is 12.1 Å². The normalized spacial score (nSPS) is 11.9. The molecule has 0 aliphatic rings. The van der Waals surface area contributed by atoms with E-state index in [2.05, 4.69) is 45.7 Å². The molecule has 6 rings (SSSR count). The zero-order chi connectivity index (χ0) is 31.0. The van der Waals surface area contributed by atoms with Crippen molar-refractivity contribution in [1.82, 2.24) is 35.0 Å². The maximum absolute atomic E-state index is 14.7. The first-order valence-electron chi connectivity index (χ1n) is 14.3. The predicted octanol–water partition coefficient (Wildman–Crippen LogP) is 6.33. The van der Waals surface area contributed by atoms with Crippen LogP contribution >= 0.6 is 0 Å². The molecule has 10 nitrogen and oxygen atoms in total. The van der Waals surface area contributed by atoms with Crippen molar-refractivity contribution in [2.45, 2.75) is 20.8 Å². The zero-order valence-electron chi connectivity index (χ0n) is 25.3. The van der Waals surface area contributed by atoms with Gasteiger partial charge >= 0.3 is 0 Å². The molecule has 0 spiro atoms. The van der Waals surface area contributed by atoms with Gasteiger partial charge in [0.15, 0.2) is 0 Å². The second-order valence-electron chi connectivity index (χ2n) is 12.1. The van der Waals surface area contributed by atoms with Gasteiger partial charge in [-0.3, -0.25) is 19.9 Å². The van der Waals surface area contributed by atoms with Gasteiger partial charge in [0.2, 0.25) is 5.91 Å². The van der Waals surface area contributed by atoms with Crippen molar-refractivity contribution in [2.24, 2.45) is 5.41 Å². The summed E-state index contributed by atoms with van der Waals surface area (Å²) in [6, 6.07) is 12.7. The Hall–Kier alpha value is -5.16. The Balaban J connectivity index is 1.35. The minimum Gasteiger partial charge on any atom is -0.384 e. The molecule has 44 heavy (non-hydrogen) atoms. The summed E-state index contributed by atoms with van der Waals surface area (Å²) in [5, 5.41) is 15.6. The molecule has 11 heteroatoms. The van der Waals surface area contributed by atoms with Gasteiger partial charge in [-0.05, 0) is 67.7 Å². The number of hydrogen-bond acceptors (Lipinski definition) is 7. The van der Waals surface area contributed by atoms with Crippen molar-refractivity contribution >= 4 is 39.2 Å². The average molecular weight is 592 g/mol. The van der Waals surface area contributed by atoms with Crippen LogP contribution < -0.4 is 10.6 Å². The molecule has 1 aromatic carbocycles. The fraction of sp³-hybridized carbons (Fsp3) is 0.242. The molecule has 0 aliphatic carbocycles. The van der Waals surface area contributed by atoms with Gasteiger partial charge in [0.05, 0.1) is 35.0 Å². The van der Waals surface area contributed by atoms with Crippen molar-refractivity contribution in [1.29, 1.82) is 0 Å². The molecule has 0 aliphatic heterocycles. The Morgan fingerprint density at radius 3 is 2.57 bits per heavy atom. The number of amides is 1. The fourth-order valence-corrected chi connectivity index (χ4v) is 4.92. The lowest BCUT2D eigenvalue weighted by atomic mass is 9.95. The topological polar surface area (TPSA) is 128 Å². The molecule has 5 heterocycles. The number of aromatic nitrogens is 6. The van der Waals surface area contributed by atoms with Crippen LogP contribution in [0.4, 0.5) is 15.8 Å². The van der Waals surface area contributed by atoms with E-state index in [-0.39, 0.29) is 11.7 Å². The van der Waals surface area contributed by atoms with Gasteiger partial charge in [0.25, 0.3) is 0 Å². The van der Waals surface area contributed by atoms with Gasteiger partial charge in [-0.15, -0.1) is 0 Å². The highest BCUT2D eigenvalue weighted by molar-refractivity contribution is 6.00. The lowest BCUT2D eigenvalue weighted by Crippen LogP contribution is -2.27. The molecule has 1 amide bonds. The van der Waals surface area contributed by atoms with E-state index < -0.39 is 5.41 Å². The van der Waals surface area contributed by atoms with Gasteiger partial charge in [0.1, 0.15) is 17.2 Å². The van der Waals surface area contributed by atoms with Gasteiger partial charge in [-0.2, -0.15) is 5.10 Å². The summed E-state index contributed by atoms with van der Waals surface area (Å²) in [5.41, 5.74) is 6.71. The fourth-order valence-electron chi connectivity index (χ4n) is 4.92. The van der Waals surface area contributed by atoms with E-state index in [0.29, 0.717) is 29.3 Å². The summed E-state index contributed by atoms with van der Waals surface area (Å²) in [6.07, 6.45) is 6.77. The first-order valence-corrected chi connectivity index (χ1v) is 14.3. The van der Waals surface area contributed by atoms with Crippen molar-refractivity contribution in [3.63, 3.8) is 0 Å². The van der Waals surface area contributed by atoms with Crippen LogP contribution in [0.5, 0.6) is 0 Å². The first-order chi connectivity index (χ1) is 21.0. The predicted molar refractivity (Wildman–Crippen MR) is 173 cm³/mol. The molecule has 0 saturated heterocycles. The monoisotopic (exact) mass is 591 g/mol. The number of H-pyrrole nitrogens is 2.